The highest BCUT2D eigenvalue weighted by molar-refractivity contribution is 6.28. The van der Waals surface area contributed by atoms with Crippen molar-refractivity contribution in [3.63, 3.8) is 0 Å². The van der Waals surface area contributed by atoms with E-state index in [2.05, 4.69) is 19.9 Å². The monoisotopic (exact) mass is 420 g/mol. The molecule has 0 aliphatic carbocycles. The Kier molecular flexibility index (Phi) is 4.77. The Labute approximate surface area is 169 Å². The maximum absolute atomic E-state index is 13.1. The van der Waals surface area contributed by atoms with E-state index in [9.17, 15) is 13.2 Å². The summed E-state index contributed by atoms with van der Waals surface area (Å²) in [7, 11) is 0. The minimum Gasteiger partial charge on any atom is -0.328 e. The number of benzene rings is 1. The number of hydrogen-bond acceptors (Lipinski definition) is 4. The lowest BCUT2D eigenvalue weighted by Crippen LogP contribution is -2.05. The zero-order valence-electron chi connectivity index (χ0n) is 15.5. The van der Waals surface area contributed by atoms with Crippen molar-refractivity contribution in [3.8, 4) is 11.4 Å². The summed E-state index contributed by atoms with van der Waals surface area (Å²) in [6.07, 6.45) is -0.242. The summed E-state index contributed by atoms with van der Waals surface area (Å²) in [6, 6.07) is 7.05. The summed E-state index contributed by atoms with van der Waals surface area (Å²) >= 11 is 5.86. The lowest BCUT2D eigenvalue weighted by atomic mass is 10.1. The third kappa shape index (κ3) is 3.82. The van der Waals surface area contributed by atoms with Crippen LogP contribution in [0.1, 0.15) is 31.1 Å². The van der Waals surface area contributed by atoms with Gasteiger partial charge < -0.3 is 9.13 Å². The predicted octanol–water partition coefficient (Wildman–Crippen LogP) is 4.99. The molecule has 0 spiro atoms. The molecule has 6 nitrogen and oxygen atoms in total. The lowest BCUT2D eigenvalue weighted by molar-refractivity contribution is -0.140. The molecule has 10 heteroatoms. The van der Waals surface area contributed by atoms with E-state index in [1.54, 1.807) is 24.7 Å². The first-order valence-electron chi connectivity index (χ1n) is 8.81. The number of rotatable bonds is 4. The Morgan fingerprint density at radius 3 is 2.45 bits per heavy atom. The number of fused-ring (bicyclic) bond motifs is 1. The Hall–Kier alpha value is -2.94. The summed E-state index contributed by atoms with van der Waals surface area (Å²) < 4.78 is 42.6. The number of hydrogen-bond donors (Lipinski definition) is 0. The number of imidazole rings is 2. The van der Waals surface area contributed by atoms with Crippen LogP contribution in [-0.2, 0) is 12.7 Å². The Morgan fingerprint density at radius 2 is 1.79 bits per heavy atom. The van der Waals surface area contributed by atoms with Gasteiger partial charge in [0.05, 0.1) is 19.1 Å². The number of nitrogens with zero attached hydrogens (tertiary/aromatic N) is 6. The quantitative estimate of drug-likeness (QED) is 0.436. The maximum Gasteiger partial charge on any atom is 0.434 e. The molecule has 150 valence electrons. The fourth-order valence-electron chi connectivity index (χ4n) is 3.04. The molecule has 0 amide bonds. The van der Waals surface area contributed by atoms with Gasteiger partial charge >= 0.3 is 6.18 Å². The van der Waals surface area contributed by atoms with Crippen molar-refractivity contribution in [2.75, 3.05) is 0 Å². The Morgan fingerprint density at radius 1 is 1.07 bits per heavy atom. The standard InChI is InChI=1S/C19H16ClF3N6/c1-11(2)29-9-15(19(21,22)23)26-16(29)13-5-3-12(4-6-13)8-28-10-25-14-7-24-18(20)27-17(14)28/h3-7,9-11H,8H2,1-2H3. The van der Waals surface area contributed by atoms with Crippen molar-refractivity contribution >= 4 is 22.8 Å². The van der Waals surface area contributed by atoms with E-state index >= 15 is 0 Å². The molecule has 4 rings (SSSR count). The van der Waals surface area contributed by atoms with Crippen molar-refractivity contribution in [3.05, 3.63) is 59.5 Å². The molecule has 0 fully saturated rings. The van der Waals surface area contributed by atoms with Crippen LogP contribution >= 0.6 is 11.6 Å². The van der Waals surface area contributed by atoms with Gasteiger partial charge in [0, 0.05) is 17.8 Å². The van der Waals surface area contributed by atoms with Crippen molar-refractivity contribution in [1.29, 1.82) is 0 Å². The first-order chi connectivity index (χ1) is 13.7. The summed E-state index contributed by atoms with van der Waals surface area (Å²) in [5.41, 5.74) is 1.89. The third-order valence-corrected chi connectivity index (χ3v) is 4.66. The lowest BCUT2D eigenvalue weighted by Gasteiger charge is -2.12. The molecule has 0 N–H and O–H groups in total. The third-order valence-electron chi connectivity index (χ3n) is 4.47. The van der Waals surface area contributed by atoms with Gasteiger partial charge in [-0.1, -0.05) is 24.3 Å². The van der Waals surface area contributed by atoms with E-state index in [1.165, 1.54) is 4.57 Å². The van der Waals surface area contributed by atoms with Crippen LogP contribution in [0.25, 0.3) is 22.6 Å². The highest BCUT2D eigenvalue weighted by Crippen LogP contribution is 2.32. The molecule has 0 bridgehead atoms. The zero-order chi connectivity index (χ0) is 20.8. The normalized spacial score (nSPS) is 12.2. The van der Waals surface area contributed by atoms with Crippen molar-refractivity contribution < 1.29 is 13.2 Å². The Bertz CT molecular complexity index is 1160. The van der Waals surface area contributed by atoms with Gasteiger partial charge in [-0.2, -0.15) is 18.2 Å². The first kappa shape index (κ1) is 19.4. The highest BCUT2D eigenvalue weighted by Gasteiger charge is 2.35. The van der Waals surface area contributed by atoms with Gasteiger partial charge in [0.25, 0.3) is 0 Å². The Balaban J connectivity index is 1.64. The molecule has 1 aromatic carbocycles. The SMILES string of the molecule is CC(C)n1cc(C(F)(F)F)nc1-c1ccc(Cn2cnc3cnc(Cl)nc32)cc1. The van der Waals surface area contributed by atoms with Crippen LogP contribution in [0.4, 0.5) is 13.2 Å². The van der Waals surface area contributed by atoms with Gasteiger partial charge in [0.15, 0.2) is 11.3 Å². The highest BCUT2D eigenvalue weighted by atomic mass is 35.5. The van der Waals surface area contributed by atoms with Gasteiger partial charge in [-0.3, -0.25) is 0 Å². The maximum atomic E-state index is 13.1. The largest absolute Gasteiger partial charge is 0.434 e. The molecule has 0 atom stereocenters. The topological polar surface area (TPSA) is 61.4 Å². The molecule has 0 unspecified atom stereocenters. The van der Waals surface area contributed by atoms with Gasteiger partial charge in [-0.15, -0.1) is 0 Å². The van der Waals surface area contributed by atoms with E-state index in [0.717, 1.165) is 11.8 Å². The first-order valence-corrected chi connectivity index (χ1v) is 9.19. The molecule has 0 saturated heterocycles. The van der Waals surface area contributed by atoms with E-state index in [1.807, 2.05) is 30.5 Å². The average molecular weight is 421 g/mol. The smallest absolute Gasteiger partial charge is 0.328 e. The van der Waals surface area contributed by atoms with Crippen LogP contribution in [0.3, 0.4) is 0 Å². The van der Waals surface area contributed by atoms with E-state index in [-0.39, 0.29) is 17.1 Å². The van der Waals surface area contributed by atoms with E-state index in [0.29, 0.717) is 23.3 Å². The molecule has 4 aromatic rings. The van der Waals surface area contributed by atoms with E-state index < -0.39 is 11.9 Å². The molecular formula is C19H16ClF3N6. The second kappa shape index (κ2) is 7.14. The van der Waals surface area contributed by atoms with Crippen LogP contribution in [0.15, 0.2) is 43.0 Å². The van der Waals surface area contributed by atoms with Crippen LogP contribution < -0.4 is 0 Å². The van der Waals surface area contributed by atoms with Gasteiger partial charge in [0.1, 0.15) is 11.3 Å². The number of aromatic nitrogens is 6. The predicted molar refractivity (Wildman–Crippen MR) is 102 cm³/mol. The molecule has 0 aliphatic rings. The zero-order valence-corrected chi connectivity index (χ0v) is 16.3. The molecule has 3 aromatic heterocycles. The van der Waals surface area contributed by atoms with Crippen molar-refractivity contribution in [2.45, 2.75) is 32.6 Å². The van der Waals surface area contributed by atoms with Crippen molar-refractivity contribution in [2.24, 2.45) is 0 Å². The molecule has 29 heavy (non-hydrogen) atoms. The summed E-state index contributed by atoms with van der Waals surface area (Å²) in [5, 5.41) is 0.135. The second-order valence-corrected chi connectivity index (χ2v) is 7.20. The molecule has 0 saturated carbocycles. The minimum atomic E-state index is -4.49. The summed E-state index contributed by atoms with van der Waals surface area (Å²) in [5.74, 6) is 0.284. The fraction of sp³-hybridized carbons (Fsp3) is 0.263. The van der Waals surface area contributed by atoms with Crippen LogP contribution in [0.5, 0.6) is 0 Å². The van der Waals surface area contributed by atoms with Crippen LogP contribution in [0.2, 0.25) is 5.28 Å². The fourth-order valence-corrected chi connectivity index (χ4v) is 3.17. The molecule has 0 radical (unpaired) electrons. The average Bonchev–Trinajstić information content (AvgIpc) is 3.27. The summed E-state index contributed by atoms with van der Waals surface area (Å²) in [6.45, 7) is 4.12. The minimum absolute atomic E-state index is 0.135. The molecule has 3 heterocycles. The molecule has 0 aliphatic heterocycles. The van der Waals surface area contributed by atoms with Gasteiger partial charge in [0.2, 0.25) is 5.28 Å². The van der Waals surface area contributed by atoms with Crippen molar-refractivity contribution in [1.82, 2.24) is 29.1 Å². The van der Waals surface area contributed by atoms with Gasteiger partial charge in [-0.05, 0) is 31.0 Å². The summed E-state index contributed by atoms with van der Waals surface area (Å²) in [4.78, 5) is 16.1. The second-order valence-electron chi connectivity index (χ2n) is 6.87. The van der Waals surface area contributed by atoms with Crippen LogP contribution in [-0.4, -0.2) is 29.1 Å². The molecular weight excluding hydrogens is 405 g/mol. The van der Waals surface area contributed by atoms with Crippen LogP contribution in [0, 0.1) is 0 Å². The number of alkyl halides is 3. The van der Waals surface area contributed by atoms with E-state index in [4.69, 9.17) is 11.6 Å². The van der Waals surface area contributed by atoms with Gasteiger partial charge in [-0.25, -0.2) is 15.0 Å². The number of halogens is 4.